The Hall–Kier alpha value is -0.360. The number of carbonyl (C=O) groups excluding carboxylic acids is 2. The molecule has 8 heteroatoms. The zero-order valence-corrected chi connectivity index (χ0v) is 19.2. The average Bonchev–Trinajstić information content (AvgIpc) is 2.49. The van der Waals surface area contributed by atoms with Gasteiger partial charge in [-0.1, -0.05) is 60.2 Å². The van der Waals surface area contributed by atoms with Crippen LogP contribution in [0.3, 0.4) is 0 Å². The van der Waals surface area contributed by atoms with Crippen LogP contribution in [-0.2, 0) is 23.4 Å². The summed E-state index contributed by atoms with van der Waals surface area (Å²) < 4.78 is 24.0. The normalized spacial score (nSPS) is 15.8. The summed E-state index contributed by atoms with van der Waals surface area (Å²) in [6.45, 7) is 15.3. The van der Waals surface area contributed by atoms with Gasteiger partial charge in [0.2, 0.25) is 0 Å². The van der Waals surface area contributed by atoms with Crippen molar-refractivity contribution in [2.45, 2.75) is 73.5 Å². The Morgan fingerprint density at radius 3 is 2.15 bits per heavy atom. The first-order valence-corrected chi connectivity index (χ1v) is 11.9. The molecule has 0 aliphatic heterocycles. The number of rotatable bonds is 11. The van der Waals surface area contributed by atoms with Crippen LogP contribution in [-0.4, -0.2) is 41.8 Å². The number of nitrogens with one attached hydrogen (secondary N) is 1. The van der Waals surface area contributed by atoms with Gasteiger partial charge in [-0.15, -0.1) is 0 Å². The summed E-state index contributed by atoms with van der Waals surface area (Å²) in [7, 11) is -3.26. The number of hydrogen-bond acceptors (Lipinski definition) is 6. The van der Waals surface area contributed by atoms with Crippen molar-refractivity contribution in [2.75, 3.05) is 19.0 Å². The molecule has 0 heterocycles. The predicted molar refractivity (Wildman–Crippen MR) is 109 cm³/mol. The monoisotopic (exact) mass is 409 g/mol. The molecule has 0 rings (SSSR count). The molecule has 0 aliphatic rings. The maximum atomic E-state index is 13.2. The van der Waals surface area contributed by atoms with Crippen molar-refractivity contribution >= 4 is 30.4 Å². The Morgan fingerprint density at radius 2 is 1.73 bits per heavy atom. The molecule has 0 aromatic heterocycles. The van der Waals surface area contributed by atoms with E-state index in [0.29, 0.717) is 12.2 Å². The zero-order chi connectivity index (χ0) is 20.5. The molecule has 0 bridgehead atoms. The SMILES string of the molecule is CCOC(=O)[C@H](CC(C)C)NP(=O)(OCCSC(=O)C(C)(C)C)C(C)C. The molecule has 0 spiro atoms. The van der Waals surface area contributed by atoms with Gasteiger partial charge in [-0.3, -0.25) is 14.2 Å². The lowest BCUT2D eigenvalue weighted by atomic mass is 10.00. The molecule has 6 nitrogen and oxygen atoms in total. The first-order chi connectivity index (χ1) is 11.8. The van der Waals surface area contributed by atoms with Crippen LogP contribution in [0.1, 0.15) is 61.8 Å². The van der Waals surface area contributed by atoms with Crippen LogP contribution in [0, 0.1) is 11.3 Å². The first kappa shape index (κ1) is 25.6. The lowest BCUT2D eigenvalue weighted by molar-refractivity contribution is -0.145. The van der Waals surface area contributed by atoms with Crippen LogP contribution >= 0.6 is 19.3 Å². The van der Waals surface area contributed by atoms with E-state index in [2.05, 4.69) is 5.09 Å². The molecule has 154 valence electrons. The van der Waals surface area contributed by atoms with Crippen molar-refractivity contribution in [3.8, 4) is 0 Å². The van der Waals surface area contributed by atoms with E-state index >= 15 is 0 Å². The second-order valence-corrected chi connectivity index (χ2v) is 11.8. The molecule has 0 saturated heterocycles. The van der Waals surface area contributed by atoms with Crippen LogP contribution in [0.15, 0.2) is 0 Å². The van der Waals surface area contributed by atoms with E-state index in [1.165, 1.54) is 11.8 Å². The molecule has 0 amide bonds. The molecular formula is C18H36NO5PS. The third-order valence-corrected chi connectivity index (χ3v) is 7.35. The van der Waals surface area contributed by atoms with Gasteiger partial charge in [0, 0.05) is 16.8 Å². The fourth-order valence-electron chi connectivity index (χ4n) is 1.99. The van der Waals surface area contributed by atoms with E-state index in [1.807, 2.05) is 34.6 Å². The summed E-state index contributed by atoms with van der Waals surface area (Å²) in [5.41, 5.74) is -0.716. The molecule has 0 aromatic carbocycles. The fraction of sp³-hybridized carbons (Fsp3) is 0.889. The first-order valence-electron chi connectivity index (χ1n) is 9.19. The smallest absolute Gasteiger partial charge is 0.323 e. The predicted octanol–water partition coefficient (Wildman–Crippen LogP) is 4.48. The Bertz CT molecular complexity index is 502. The summed E-state index contributed by atoms with van der Waals surface area (Å²) in [5, 5.41) is 3.00. The molecule has 0 radical (unpaired) electrons. The van der Waals surface area contributed by atoms with Crippen LogP contribution in [0.2, 0.25) is 0 Å². The average molecular weight is 410 g/mol. The summed E-state index contributed by atoms with van der Waals surface area (Å²) in [5.74, 6) is 0.239. The van der Waals surface area contributed by atoms with Crippen molar-refractivity contribution in [1.29, 1.82) is 0 Å². The van der Waals surface area contributed by atoms with Crippen LogP contribution in [0.25, 0.3) is 0 Å². The van der Waals surface area contributed by atoms with E-state index < -0.39 is 24.9 Å². The Morgan fingerprint density at radius 1 is 1.15 bits per heavy atom. The second-order valence-electron chi connectivity index (χ2n) is 7.97. The highest BCUT2D eigenvalue weighted by atomic mass is 32.2. The van der Waals surface area contributed by atoms with E-state index in [-0.39, 0.29) is 29.9 Å². The van der Waals surface area contributed by atoms with Gasteiger partial charge in [0.05, 0.1) is 13.2 Å². The van der Waals surface area contributed by atoms with E-state index in [0.717, 1.165) is 0 Å². The minimum absolute atomic E-state index is 0.0673. The topological polar surface area (TPSA) is 81.7 Å². The maximum Gasteiger partial charge on any atom is 0.323 e. The number of esters is 1. The summed E-state index contributed by atoms with van der Waals surface area (Å²) >= 11 is 1.18. The van der Waals surface area contributed by atoms with Gasteiger partial charge in [-0.2, -0.15) is 0 Å². The van der Waals surface area contributed by atoms with Gasteiger partial charge < -0.3 is 9.26 Å². The fourth-order valence-corrected chi connectivity index (χ4v) is 4.58. The lowest BCUT2D eigenvalue weighted by Gasteiger charge is -2.28. The quantitative estimate of drug-likeness (QED) is 0.306. The van der Waals surface area contributed by atoms with Gasteiger partial charge in [0.1, 0.15) is 6.04 Å². The highest BCUT2D eigenvalue weighted by Gasteiger charge is 2.34. The third kappa shape index (κ3) is 9.54. The molecule has 0 aromatic rings. The van der Waals surface area contributed by atoms with Crippen molar-refractivity contribution in [3.63, 3.8) is 0 Å². The van der Waals surface area contributed by atoms with E-state index in [1.54, 1.807) is 20.8 Å². The number of carbonyl (C=O) groups is 2. The molecule has 1 N–H and O–H groups in total. The summed E-state index contributed by atoms with van der Waals surface area (Å²) in [4.78, 5) is 24.1. The molecule has 0 aliphatic carbocycles. The van der Waals surface area contributed by atoms with Gasteiger partial charge in [0.25, 0.3) is 7.52 Å². The molecule has 0 saturated carbocycles. The Labute approximate surface area is 163 Å². The van der Waals surface area contributed by atoms with E-state index in [9.17, 15) is 14.2 Å². The summed E-state index contributed by atoms with van der Waals surface area (Å²) in [6, 6.07) is -0.674. The Kier molecular flexibility index (Phi) is 11.3. The largest absolute Gasteiger partial charge is 0.465 e. The van der Waals surface area contributed by atoms with Crippen LogP contribution in [0.4, 0.5) is 0 Å². The standard InChI is InChI=1S/C18H36NO5PS/c1-9-23-16(20)15(12-13(2)3)19-25(22,14(4)5)24-10-11-26-17(21)18(6,7)8/h13-15H,9-12H2,1-8H3,(H,19,22)/t15-,25?/m0/s1. The number of thioether (sulfide) groups is 1. The summed E-state index contributed by atoms with van der Waals surface area (Å²) in [6.07, 6.45) is 0.510. The van der Waals surface area contributed by atoms with Crippen molar-refractivity contribution in [2.24, 2.45) is 11.3 Å². The molecule has 0 fully saturated rings. The van der Waals surface area contributed by atoms with Crippen molar-refractivity contribution < 1.29 is 23.4 Å². The third-order valence-electron chi connectivity index (χ3n) is 3.51. The molecule has 26 heavy (non-hydrogen) atoms. The maximum absolute atomic E-state index is 13.2. The van der Waals surface area contributed by atoms with Crippen LogP contribution < -0.4 is 5.09 Å². The molecule has 2 atom stereocenters. The highest BCUT2D eigenvalue weighted by molar-refractivity contribution is 8.13. The minimum atomic E-state index is -3.26. The second kappa shape index (κ2) is 11.5. The van der Waals surface area contributed by atoms with E-state index in [4.69, 9.17) is 9.26 Å². The van der Waals surface area contributed by atoms with Crippen LogP contribution in [0.5, 0.6) is 0 Å². The van der Waals surface area contributed by atoms with Gasteiger partial charge >= 0.3 is 5.97 Å². The minimum Gasteiger partial charge on any atom is -0.465 e. The number of hydrogen-bond donors (Lipinski definition) is 1. The van der Waals surface area contributed by atoms with Gasteiger partial charge in [0.15, 0.2) is 5.12 Å². The zero-order valence-electron chi connectivity index (χ0n) is 17.5. The van der Waals surface area contributed by atoms with Gasteiger partial charge in [-0.25, -0.2) is 5.09 Å². The molecular weight excluding hydrogens is 373 g/mol. The lowest BCUT2D eigenvalue weighted by Crippen LogP contribution is -2.39. The van der Waals surface area contributed by atoms with Crippen molar-refractivity contribution in [1.82, 2.24) is 5.09 Å². The Balaban J connectivity index is 4.91. The molecule has 1 unspecified atom stereocenters. The highest BCUT2D eigenvalue weighted by Crippen LogP contribution is 2.48. The van der Waals surface area contributed by atoms with Crippen molar-refractivity contribution in [3.05, 3.63) is 0 Å². The van der Waals surface area contributed by atoms with Gasteiger partial charge in [-0.05, 0) is 19.3 Å². The number of ether oxygens (including phenoxy) is 1.